The molecule has 0 spiro atoms. The van der Waals surface area contributed by atoms with Gasteiger partial charge in [0, 0.05) is 31.9 Å². The molecule has 0 aromatic carbocycles. The molecule has 108 valence electrons. The van der Waals surface area contributed by atoms with Gasteiger partial charge in [0.25, 0.3) is 0 Å². The first kappa shape index (κ1) is 14.2. The van der Waals surface area contributed by atoms with Crippen LogP contribution in [0.15, 0.2) is 18.3 Å². The number of carbonyl (C=O) groups is 1. The highest BCUT2D eigenvalue weighted by molar-refractivity contribution is 5.81. The van der Waals surface area contributed by atoms with Gasteiger partial charge in [-0.2, -0.15) is 0 Å². The standard InChI is InChI=1S/C12H16N4O4/c1-2-20-12(17)10-8-13-6-7-15(10)11-9(16(18)19)4-3-5-14-11/h3-5,10,13H,2,6-8H2,1H3. The second-order valence-corrected chi connectivity index (χ2v) is 4.27. The van der Waals surface area contributed by atoms with Crippen LogP contribution >= 0.6 is 0 Å². The molecule has 0 radical (unpaired) electrons. The first-order valence-corrected chi connectivity index (χ1v) is 6.38. The van der Waals surface area contributed by atoms with Crippen molar-refractivity contribution in [3.8, 4) is 0 Å². The Morgan fingerprint density at radius 1 is 1.70 bits per heavy atom. The molecule has 2 rings (SSSR count). The Balaban J connectivity index is 2.33. The van der Waals surface area contributed by atoms with Crippen LogP contribution < -0.4 is 10.2 Å². The van der Waals surface area contributed by atoms with E-state index in [4.69, 9.17) is 4.74 Å². The van der Waals surface area contributed by atoms with Crippen molar-refractivity contribution in [1.29, 1.82) is 0 Å². The van der Waals surface area contributed by atoms with Gasteiger partial charge in [-0.25, -0.2) is 9.78 Å². The van der Waals surface area contributed by atoms with Crippen molar-refractivity contribution in [3.63, 3.8) is 0 Å². The fourth-order valence-corrected chi connectivity index (χ4v) is 2.16. The Hall–Kier alpha value is -2.22. The summed E-state index contributed by atoms with van der Waals surface area (Å²) >= 11 is 0. The Morgan fingerprint density at radius 3 is 3.20 bits per heavy atom. The van der Waals surface area contributed by atoms with Gasteiger partial charge in [0.2, 0.25) is 5.82 Å². The number of carbonyl (C=O) groups excluding carboxylic acids is 1. The molecule has 1 N–H and O–H groups in total. The third kappa shape index (κ3) is 2.85. The Morgan fingerprint density at radius 2 is 2.50 bits per heavy atom. The molecule has 1 saturated heterocycles. The second-order valence-electron chi connectivity index (χ2n) is 4.27. The van der Waals surface area contributed by atoms with Gasteiger partial charge in [0.1, 0.15) is 6.04 Å². The molecule has 0 aliphatic carbocycles. The minimum Gasteiger partial charge on any atom is -0.464 e. The molecule has 1 fully saturated rings. The van der Waals surface area contributed by atoms with Crippen LogP contribution in [0.3, 0.4) is 0 Å². The molecular weight excluding hydrogens is 264 g/mol. The number of nitrogens with one attached hydrogen (secondary N) is 1. The maximum atomic E-state index is 12.0. The molecule has 1 aliphatic heterocycles. The van der Waals surface area contributed by atoms with Crippen molar-refractivity contribution < 1.29 is 14.5 Å². The largest absolute Gasteiger partial charge is 0.464 e. The predicted molar refractivity (Wildman–Crippen MR) is 71.5 cm³/mol. The van der Waals surface area contributed by atoms with E-state index in [1.54, 1.807) is 11.8 Å². The molecule has 8 heteroatoms. The third-order valence-corrected chi connectivity index (χ3v) is 3.04. The molecule has 1 aliphatic rings. The molecule has 0 bridgehead atoms. The molecule has 8 nitrogen and oxygen atoms in total. The molecule has 0 amide bonds. The fraction of sp³-hybridized carbons (Fsp3) is 0.500. The van der Waals surface area contributed by atoms with E-state index in [1.165, 1.54) is 18.3 Å². The molecule has 1 aromatic heterocycles. The number of nitro groups is 1. The number of pyridine rings is 1. The first-order valence-electron chi connectivity index (χ1n) is 6.38. The highest BCUT2D eigenvalue weighted by atomic mass is 16.6. The van der Waals surface area contributed by atoms with Crippen LogP contribution in [0, 0.1) is 10.1 Å². The topological polar surface area (TPSA) is 97.6 Å². The van der Waals surface area contributed by atoms with E-state index < -0.39 is 16.9 Å². The quantitative estimate of drug-likeness (QED) is 0.482. The lowest BCUT2D eigenvalue weighted by atomic mass is 10.2. The summed E-state index contributed by atoms with van der Waals surface area (Å²) in [5.41, 5.74) is -0.108. The van der Waals surface area contributed by atoms with Crippen LogP contribution in [0.4, 0.5) is 11.5 Å². The maximum Gasteiger partial charge on any atom is 0.330 e. The SMILES string of the molecule is CCOC(=O)C1CNCCN1c1ncccc1[N+](=O)[O-]. The molecular formula is C12H16N4O4. The lowest BCUT2D eigenvalue weighted by molar-refractivity contribution is -0.384. The fourth-order valence-electron chi connectivity index (χ4n) is 2.16. The van der Waals surface area contributed by atoms with Crippen molar-refractivity contribution >= 4 is 17.5 Å². The average molecular weight is 280 g/mol. The van der Waals surface area contributed by atoms with Crippen LogP contribution in [0.2, 0.25) is 0 Å². The van der Waals surface area contributed by atoms with Gasteiger partial charge in [-0.1, -0.05) is 0 Å². The zero-order valence-corrected chi connectivity index (χ0v) is 11.1. The number of rotatable bonds is 4. The van der Waals surface area contributed by atoms with Gasteiger partial charge in [0.05, 0.1) is 11.5 Å². The van der Waals surface area contributed by atoms with Crippen molar-refractivity contribution in [3.05, 3.63) is 28.4 Å². The van der Waals surface area contributed by atoms with Gasteiger partial charge < -0.3 is 15.0 Å². The summed E-state index contributed by atoms with van der Waals surface area (Å²) in [5, 5.41) is 14.2. The normalized spacial score (nSPS) is 18.6. The first-order chi connectivity index (χ1) is 9.65. The van der Waals surface area contributed by atoms with Gasteiger partial charge >= 0.3 is 11.7 Å². The van der Waals surface area contributed by atoms with Gasteiger partial charge in [-0.3, -0.25) is 10.1 Å². The minimum atomic E-state index is -0.600. The number of piperazine rings is 1. The van der Waals surface area contributed by atoms with Crippen LogP contribution in [0.5, 0.6) is 0 Å². The smallest absolute Gasteiger partial charge is 0.330 e. The zero-order valence-electron chi connectivity index (χ0n) is 11.1. The van der Waals surface area contributed by atoms with Crippen LogP contribution in [0.25, 0.3) is 0 Å². The van der Waals surface area contributed by atoms with Gasteiger partial charge in [-0.15, -0.1) is 0 Å². The highest BCUT2D eigenvalue weighted by Crippen LogP contribution is 2.27. The van der Waals surface area contributed by atoms with E-state index >= 15 is 0 Å². The van der Waals surface area contributed by atoms with Crippen LogP contribution in [0.1, 0.15) is 6.92 Å². The molecule has 1 aromatic rings. The second kappa shape index (κ2) is 6.29. The van der Waals surface area contributed by atoms with Gasteiger partial charge in [-0.05, 0) is 13.0 Å². The van der Waals surface area contributed by atoms with E-state index in [-0.39, 0.29) is 18.1 Å². The molecule has 20 heavy (non-hydrogen) atoms. The summed E-state index contributed by atoms with van der Waals surface area (Å²) in [6.45, 7) is 3.47. The summed E-state index contributed by atoms with van der Waals surface area (Å²) in [7, 11) is 0. The molecule has 1 atom stereocenters. The minimum absolute atomic E-state index is 0.108. The summed E-state index contributed by atoms with van der Waals surface area (Å²) in [6.07, 6.45) is 1.48. The van der Waals surface area contributed by atoms with E-state index in [1.807, 2.05) is 0 Å². The lowest BCUT2D eigenvalue weighted by Crippen LogP contribution is -2.56. The summed E-state index contributed by atoms with van der Waals surface area (Å²) in [6, 6.07) is 2.28. The summed E-state index contributed by atoms with van der Waals surface area (Å²) < 4.78 is 5.02. The number of anilines is 1. The number of aromatic nitrogens is 1. The zero-order chi connectivity index (χ0) is 14.5. The summed E-state index contributed by atoms with van der Waals surface area (Å²) in [4.78, 5) is 28.2. The van der Waals surface area contributed by atoms with E-state index in [2.05, 4.69) is 10.3 Å². The number of esters is 1. The monoisotopic (exact) mass is 280 g/mol. The Bertz CT molecular complexity index is 508. The number of hydrogen-bond donors (Lipinski definition) is 1. The Kier molecular flexibility index (Phi) is 4.46. The Labute approximate surface area is 115 Å². The van der Waals surface area contributed by atoms with E-state index in [0.717, 1.165) is 0 Å². The lowest BCUT2D eigenvalue weighted by Gasteiger charge is -2.34. The van der Waals surface area contributed by atoms with Crippen molar-refractivity contribution in [2.45, 2.75) is 13.0 Å². The predicted octanol–water partition coefficient (Wildman–Crippen LogP) is 0.331. The average Bonchev–Trinajstić information content (AvgIpc) is 2.47. The van der Waals surface area contributed by atoms with E-state index in [9.17, 15) is 14.9 Å². The highest BCUT2D eigenvalue weighted by Gasteiger charge is 2.34. The van der Waals surface area contributed by atoms with Crippen LogP contribution in [-0.2, 0) is 9.53 Å². The van der Waals surface area contributed by atoms with Crippen molar-refractivity contribution in [2.24, 2.45) is 0 Å². The van der Waals surface area contributed by atoms with Crippen molar-refractivity contribution in [1.82, 2.24) is 10.3 Å². The van der Waals surface area contributed by atoms with Crippen LogP contribution in [-0.4, -0.2) is 48.2 Å². The van der Waals surface area contributed by atoms with Gasteiger partial charge in [0.15, 0.2) is 0 Å². The number of ether oxygens (including phenoxy) is 1. The van der Waals surface area contributed by atoms with E-state index in [0.29, 0.717) is 19.6 Å². The van der Waals surface area contributed by atoms with Crippen molar-refractivity contribution in [2.75, 3.05) is 31.1 Å². The molecule has 1 unspecified atom stereocenters. The molecule has 2 heterocycles. The number of nitrogens with zero attached hydrogens (tertiary/aromatic N) is 3. The maximum absolute atomic E-state index is 12.0. The number of hydrogen-bond acceptors (Lipinski definition) is 7. The third-order valence-electron chi connectivity index (χ3n) is 3.04. The molecule has 0 saturated carbocycles. The summed E-state index contributed by atoms with van der Waals surface area (Å²) in [5.74, 6) is -0.197.